The Morgan fingerprint density at radius 2 is 1.85 bits per heavy atom. The second-order valence-electron chi connectivity index (χ2n) is 6.66. The first-order valence-electron chi connectivity index (χ1n) is 8.96. The number of hydrogen-bond donors (Lipinski definition) is 1. The third kappa shape index (κ3) is 3.30. The van der Waals surface area contributed by atoms with Crippen molar-refractivity contribution in [2.24, 2.45) is 0 Å². The van der Waals surface area contributed by atoms with Crippen molar-refractivity contribution in [3.63, 3.8) is 0 Å². The highest BCUT2D eigenvalue weighted by molar-refractivity contribution is 5.97. The molecule has 26 heavy (non-hydrogen) atoms. The van der Waals surface area contributed by atoms with Crippen LogP contribution in [0.1, 0.15) is 16.1 Å². The van der Waals surface area contributed by atoms with E-state index in [0.29, 0.717) is 12.2 Å². The first-order valence-corrected chi connectivity index (χ1v) is 8.96. The number of nitrogens with zero attached hydrogens (tertiary/aromatic N) is 2. The zero-order chi connectivity index (χ0) is 17.9. The summed E-state index contributed by atoms with van der Waals surface area (Å²) in [5.74, 6) is -0.00187. The standard InChI is InChI=1S/C21H23N3O2/c1-23(21(25)19-14-16-6-2-4-8-18(16)22-19)15-17-7-3-5-9-20(17)24-10-12-26-13-11-24/h2-9,14,22H,10-13,15H2,1H3. The second-order valence-corrected chi connectivity index (χ2v) is 6.66. The number of ether oxygens (including phenoxy) is 1. The summed E-state index contributed by atoms with van der Waals surface area (Å²) < 4.78 is 5.46. The molecule has 2 aromatic carbocycles. The Kier molecular flexibility index (Phi) is 4.63. The van der Waals surface area contributed by atoms with Gasteiger partial charge < -0.3 is 19.5 Å². The van der Waals surface area contributed by atoms with Crippen molar-refractivity contribution in [1.29, 1.82) is 0 Å². The molecule has 1 saturated heterocycles. The molecule has 1 aliphatic rings. The van der Waals surface area contributed by atoms with Crippen molar-refractivity contribution >= 4 is 22.5 Å². The normalized spacial score (nSPS) is 14.6. The lowest BCUT2D eigenvalue weighted by Crippen LogP contribution is -2.37. The highest BCUT2D eigenvalue weighted by atomic mass is 16.5. The molecule has 0 aliphatic carbocycles. The molecule has 0 radical (unpaired) electrons. The van der Waals surface area contributed by atoms with Gasteiger partial charge in [-0.3, -0.25) is 4.79 Å². The molecule has 0 saturated carbocycles. The highest BCUT2D eigenvalue weighted by Gasteiger charge is 2.18. The van der Waals surface area contributed by atoms with Crippen LogP contribution in [0.5, 0.6) is 0 Å². The number of aromatic nitrogens is 1. The zero-order valence-electron chi connectivity index (χ0n) is 14.9. The minimum Gasteiger partial charge on any atom is -0.378 e. The van der Waals surface area contributed by atoms with Crippen molar-refractivity contribution in [2.45, 2.75) is 6.54 Å². The topological polar surface area (TPSA) is 48.6 Å². The van der Waals surface area contributed by atoms with Crippen LogP contribution in [0.2, 0.25) is 0 Å². The van der Waals surface area contributed by atoms with E-state index in [1.165, 1.54) is 5.69 Å². The number of rotatable bonds is 4. The fraction of sp³-hybridized carbons (Fsp3) is 0.286. The molecule has 134 valence electrons. The SMILES string of the molecule is CN(Cc1ccccc1N1CCOCC1)C(=O)c1cc2ccccc2[nH]1. The van der Waals surface area contributed by atoms with Gasteiger partial charge in [0.15, 0.2) is 0 Å². The van der Waals surface area contributed by atoms with Gasteiger partial charge in [-0.1, -0.05) is 36.4 Å². The maximum absolute atomic E-state index is 12.9. The first-order chi connectivity index (χ1) is 12.7. The van der Waals surface area contributed by atoms with Crippen LogP contribution >= 0.6 is 0 Å². The summed E-state index contributed by atoms with van der Waals surface area (Å²) in [5.41, 5.74) is 3.95. The number of benzene rings is 2. The van der Waals surface area contributed by atoms with Crippen molar-refractivity contribution in [3.8, 4) is 0 Å². The van der Waals surface area contributed by atoms with E-state index in [2.05, 4.69) is 22.0 Å². The number of nitrogens with one attached hydrogen (secondary N) is 1. The highest BCUT2D eigenvalue weighted by Crippen LogP contribution is 2.23. The lowest BCUT2D eigenvalue weighted by Gasteiger charge is -2.31. The molecule has 1 N–H and O–H groups in total. The summed E-state index contributed by atoms with van der Waals surface area (Å²) in [6.07, 6.45) is 0. The predicted octanol–water partition coefficient (Wildman–Crippen LogP) is 3.28. The second kappa shape index (κ2) is 7.22. The van der Waals surface area contributed by atoms with Crippen molar-refractivity contribution in [1.82, 2.24) is 9.88 Å². The van der Waals surface area contributed by atoms with E-state index in [9.17, 15) is 4.79 Å². The van der Waals surface area contributed by atoms with Gasteiger partial charge in [-0.25, -0.2) is 0 Å². The van der Waals surface area contributed by atoms with Crippen molar-refractivity contribution in [2.75, 3.05) is 38.3 Å². The van der Waals surface area contributed by atoms with E-state index >= 15 is 0 Å². The molecular formula is C21H23N3O2. The van der Waals surface area contributed by atoms with E-state index in [0.717, 1.165) is 42.8 Å². The molecule has 5 nitrogen and oxygen atoms in total. The summed E-state index contributed by atoms with van der Waals surface area (Å²) in [6, 6.07) is 18.2. The average Bonchev–Trinajstić information content (AvgIpc) is 3.12. The number of H-pyrrole nitrogens is 1. The van der Waals surface area contributed by atoms with Gasteiger partial charge in [0.25, 0.3) is 5.91 Å². The maximum atomic E-state index is 12.9. The fourth-order valence-corrected chi connectivity index (χ4v) is 3.48. The molecule has 0 atom stereocenters. The van der Waals surface area contributed by atoms with Gasteiger partial charge in [0.1, 0.15) is 5.69 Å². The molecule has 4 rings (SSSR count). The number of anilines is 1. The molecule has 1 aliphatic heterocycles. The third-order valence-electron chi connectivity index (χ3n) is 4.86. The maximum Gasteiger partial charge on any atom is 0.270 e. The van der Waals surface area contributed by atoms with Crippen LogP contribution in [0, 0.1) is 0 Å². The lowest BCUT2D eigenvalue weighted by molar-refractivity contribution is 0.0780. The summed E-state index contributed by atoms with van der Waals surface area (Å²) in [4.78, 5) is 20.2. The molecule has 0 spiro atoms. The first kappa shape index (κ1) is 16.7. The quantitative estimate of drug-likeness (QED) is 0.786. The Bertz CT molecular complexity index is 879. The molecular weight excluding hydrogens is 326 g/mol. The zero-order valence-corrected chi connectivity index (χ0v) is 14.9. The van der Waals surface area contributed by atoms with Crippen molar-refractivity contribution < 1.29 is 9.53 Å². The Morgan fingerprint density at radius 1 is 1.12 bits per heavy atom. The smallest absolute Gasteiger partial charge is 0.270 e. The van der Waals surface area contributed by atoms with Gasteiger partial charge in [-0.05, 0) is 23.8 Å². The van der Waals surface area contributed by atoms with Crippen LogP contribution in [0.4, 0.5) is 5.69 Å². The number of hydrogen-bond acceptors (Lipinski definition) is 3. The predicted molar refractivity (Wildman–Crippen MR) is 104 cm³/mol. The minimum absolute atomic E-state index is 0.00187. The molecule has 0 bridgehead atoms. The van der Waals surface area contributed by atoms with Gasteiger partial charge in [-0.15, -0.1) is 0 Å². The van der Waals surface area contributed by atoms with Crippen LogP contribution in [0.25, 0.3) is 10.9 Å². The van der Waals surface area contributed by atoms with E-state index in [-0.39, 0.29) is 5.91 Å². The van der Waals surface area contributed by atoms with Crippen LogP contribution in [0.3, 0.4) is 0 Å². The Labute approximate surface area is 153 Å². The van der Waals surface area contributed by atoms with E-state index in [1.54, 1.807) is 4.90 Å². The Morgan fingerprint density at radius 3 is 2.65 bits per heavy atom. The molecule has 3 aromatic rings. The molecule has 1 fully saturated rings. The molecule has 0 unspecified atom stereocenters. The number of aromatic amines is 1. The number of para-hydroxylation sites is 2. The van der Waals surface area contributed by atoms with Crippen LogP contribution in [0.15, 0.2) is 54.6 Å². The molecule has 1 amide bonds. The molecule has 5 heteroatoms. The van der Waals surface area contributed by atoms with Crippen LogP contribution < -0.4 is 4.90 Å². The summed E-state index contributed by atoms with van der Waals surface area (Å²) in [5, 5.41) is 1.05. The molecule has 2 heterocycles. The van der Waals surface area contributed by atoms with Crippen molar-refractivity contribution in [3.05, 3.63) is 65.9 Å². The molecule has 1 aromatic heterocycles. The lowest BCUT2D eigenvalue weighted by atomic mass is 10.1. The number of morpholine rings is 1. The Balaban J connectivity index is 1.54. The minimum atomic E-state index is -0.00187. The van der Waals surface area contributed by atoms with Crippen LogP contribution in [-0.2, 0) is 11.3 Å². The Hall–Kier alpha value is -2.79. The van der Waals surface area contributed by atoms with Gasteiger partial charge in [0.2, 0.25) is 0 Å². The van der Waals surface area contributed by atoms with Gasteiger partial charge in [0.05, 0.1) is 13.2 Å². The largest absolute Gasteiger partial charge is 0.378 e. The third-order valence-corrected chi connectivity index (χ3v) is 4.86. The fourth-order valence-electron chi connectivity index (χ4n) is 3.48. The summed E-state index contributed by atoms with van der Waals surface area (Å²) in [6.45, 7) is 3.84. The summed E-state index contributed by atoms with van der Waals surface area (Å²) in [7, 11) is 1.85. The number of carbonyl (C=O) groups excluding carboxylic acids is 1. The number of amides is 1. The van der Waals surface area contributed by atoms with Crippen LogP contribution in [-0.4, -0.2) is 49.1 Å². The number of fused-ring (bicyclic) bond motifs is 1. The van der Waals surface area contributed by atoms with Gasteiger partial charge >= 0.3 is 0 Å². The van der Waals surface area contributed by atoms with E-state index in [1.807, 2.05) is 49.5 Å². The number of carbonyl (C=O) groups is 1. The van der Waals surface area contributed by atoms with E-state index in [4.69, 9.17) is 4.74 Å². The van der Waals surface area contributed by atoms with Gasteiger partial charge in [0, 0.05) is 43.3 Å². The monoisotopic (exact) mass is 349 g/mol. The van der Waals surface area contributed by atoms with E-state index < -0.39 is 0 Å². The summed E-state index contributed by atoms with van der Waals surface area (Å²) >= 11 is 0. The average molecular weight is 349 g/mol. The van der Waals surface area contributed by atoms with Gasteiger partial charge in [-0.2, -0.15) is 0 Å².